The van der Waals surface area contributed by atoms with Crippen molar-refractivity contribution >= 4 is 17.7 Å². The molecule has 0 fully saturated rings. The van der Waals surface area contributed by atoms with Gasteiger partial charge in [-0.1, -0.05) is 20.8 Å². The summed E-state index contributed by atoms with van der Waals surface area (Å²) in [6.45, 7) is 9.06. The van der Waals surface area contributed by atoms with Crippen LogP contribution in [0.15, 0.2) is 0 Å². The number of nitrogens with two attached hydrogens (primary N) is 1. The number of thioether (sulfide) groups is 1. The van der Waals surface area contributed by atoms with Crippen LogP contribution >= 0.6 is 11.8 Å². The van der Waals surface area contributed by atoms with Crippen LogP contribution < -0.4 is 11.1 Å². The molecule has 0 aliphatic rings. The van der Waals surface area contributed by atoms with Crippen LogP contribution in [-0.4, -0.2) is 40.7 Å². The summed E-state index contributed by atoms with van der Waals surface area (Å²) < 4.78 is 0. The summed E-state index contributed by atoms with van der Waals surface area (Å²) >= 11 is 1.78. The van der Waals surface area contributed by atoms with E-state index in [0.29, 0.717) is 17.6 Å². The molecule has 18 heavy (non-hydrogen) atoms. The Balaban J connectivity index is 4.27. The van der Waals surface area contributed by atoms with E-state index in [9.17, 15) is 4.79 Å². The van der Waals surface area contributed by atoms with Crippen molar-refractivity contribution in [2.24, 2.45) is 11.7 Å². The number of hydrogen-bond donors (Lipinski definition) is 3. The number of amides is 1. The second-order valence-corrected chi connectivity index (χ2v) is 6.73. The molecular weight excluding hydrogens is 248 g/mol. The first-order chi connectivity index (χ1) is 8.35. The Labute approximate surface area is 115 Å². The lowest BCUT2D eigenvalue weighted by molar-refractivity contribution is -0.124. The fourth-order valence-corrected chi connectivity index (χ4v) is 2.89. The Morgan fingerprint density at radius 3 is 2.56 bits per heavy atom. The Kier molecular flexibility index (Phi) is 8.65. The van der Waals surface area contributed by atoms with Crippen LogP contribution in [-0.2, 0) is 4.79 Å². The number of aliphatic hydroxyl groups excluding tert-OH is 1. The van der Waals surface area contributed by atoms with E-state index < -0.39 is 5.54 Å². The molecule has 0 radical (unpaired) electrons. The van der Waals surface area contributed by atoms with Gasteiger partial charge in [0.25, 0.3) is 0 Å². The largest absolute Gasteiger partial charge is 0.396 e. The van der Waals surface area contributed by atoms with Crippen molar-refractivity contribution in [1.29, 1.82) is 0 Å². The summed E-state index contributed by atoms with van der Waals surface area (Å²) in [5.74, 6) is 0.903. The topological polar surface area (TPSA) is 75.3 Å². The van der Waals surface area contributed by atoms with Crippen LogP contribution in [0.3, 0.4) is 0 Å². The Morgan fingerprint density at radius 1 is 1.50 bits per heavy atom. The van der Waals surface area contributed by atoms with E-state index in [1.165, 1.54) is 0 Å². The van der Waals surface area contributed by atoms with Crippen LogP contribution in [0.25, 0.3) is 0 Å². The van der Waals surface area contributed by atoms with Crippen molar-refractivity contribution in [2.75, 3.05) is 18.9 Å². The quantitative estimate of drug-likeness (QED) is 0.563. The van der Waals surface area contributed by atoms with Gasteiger partial charge in [0.1, 0.15) is 0 Å². The predicted octanol–water partition coefficient (Wildman–Crippen LogP) is 1.37. The third-order valence-electron chi connectivity index (χ3n) is 2.98. The van der Waals surface area contributed by atoms with Gasteiger partial charge in [-0.25, -0.2) is 0 Å². The first-order valence-corrected chi connectivity index (χ1v) is 7.68. The van der Waals surface area contributed by atoms with Gasteiger partial charge >= 0.3 is 0 Å². The van der Waals surface area contributed by atoms with Crippen molar-refractivity contribution in [1.82, 2.24) is 5.32 Å². The summed E-state index contributed by atoms with van der Waals surface area (Å²) in [4.78, 5) is 11.6. The maximum absolute atomic E-state index is 11.6. The molecule has 1 amide bonds. The van der Waals surface area contributed by atoms with E-state index in [2.05, 4.69) is 19.2 Å². The molecular formula is C13H28N2O2S. The lowest BCUT2D eigenvalue weighted by Gasteiger charge is -2.30. The van der Waals surface area contributed by atoms with Crippen LogP contribution in [0.4, 0.5) is 0 Å². The Morgan fingerprint density at radius 2 is 2.11 bits per heavy atom. The molecule has 0 aromatic heterocycles. The molecule has 0 aromatic rings. The van der Waals surface area contributed by atoms with Crippen molar-refractivity contribution < 1.29 is 9.90 Å². The van der Waals surface area contributed by atoms with Crippen molar-refractivity contribution in [2.45, 2.75) is 51.3 Å². The Bertz CT molecular complexity index is 251. The summed E-state index contributed by atoms with van der Waals surface area (Å²) in [5, 5.41) is 12.6. The van der Waals surface area contributed by atoms with Gasteiger partial charge < -0.3 is 16.2 Å². The SMILES string of the molecule is CCCNC(C)(CC(C)SCC(C)CO)C(N)=O. The second-order valence-electron chi connectivity index (χ2n) is 5.26. The summed E-state index contributed by atoms with van der Waals surface area (Å²) in [6, 6.07) is 0. The van der Waals surface area contributed by atoms with Gasteiger partial charge in [-0.3, -0.25) is 4.79 Å². The predicted molar refractivity (Wildman–Crippen MR) is 78.7 cm³/mol. The van der Waals surface area contributed by atoms with E-state index in [1.807, 2.05) is 13.8 Å². The molecule has 4 nitrogen and oxygen atoms in total. The van der Waals surface area contributed by atoms with Gasteiger partial charge in [0.05, 0.1) is 5.54 Å². The van der Waals surface area contributed by atoms with E-state index in [0.717, 1.165) is 18.7 Å². The third-order valence-corrected chi connectivity index (χ3v) is 4.48. The molecule has 3 unspecified atom stereocenters. The van der Waals surface area contributed by atoms with Crippen molar-refractivity contribution in [3.05, 3.63) is 0 Å². The lowest BCUT2D eigenvalue weighted by atomic mass is 9.95. The van der Waals surface area contributed by atoms with Crippen molar-refractivity contribution in [3.63, 3.8) is 0 Å². The normalized spacial score (nSPS) is 18.1. The molecule has 0 aliphatic heterocycles. The van der Waals surface area contributed by atoms with Crippen LogP contribution in [0.5, 0.6) is 0 Å². The fourth-order valence-electron chi connectivity index (χ4n) is 1.68. The molecule has 3 atom stereocenters. The number of carbonyl (C=O) groups excluding carboxylic acids is 1. The summed E-state index contributed by atoms with van der Waals surface area (Å²) in [5.41, 5.74) is 4.86. The number of primary amides is 1. The molecule has 0 rings (SSSR count). The standard InChI is InChI=1S/C13H28N2O2S/c1-5-6-15-13(4,12(14)17)7-11(3)18-9-10(2)8-16/h10-11,15-16H,5-9H2,1-4H3,(H2,14,17). The van der Waals surface area contributed by atoms with Crippen LogP contribution in [0.1, 0.15) is 40.5 Å². The molecule has 0 saturated carbocycles. The summed E-state index contributed by atoms with van der Waals surface area (Å²) in [7, 11) is 0. The van der Waals surface area contributed by atoms with Gasteiger partial charge in [-0.05, 0) is 38.0 Å². The number of aliphatic hydroxyl groups is 1. The van der Waals surface area contributed by atoms with Gasteiger partial charge in [0.15, 0.2) is 0 Å². The van der Waals surface area contributed by atoms with Gasteiger partial charge in [0.2, 0.25) is 5.91 Å². The van der Waals surface area contributed by atoms with E-state index in [4.69, 9.17) is 10.8 Å². The summed E-state index contributed by atoms with van der Waals surface area (Å²) in [6.07, 6.45) is 1.69. The minimum atomic E-state index is -0.634. The van der Waals surface area contributed by atoms with Gasteiger partial charge in [-0.2, -0.15) is 11.8 Å². The average Bonchev–Trinajstić information content (AvgIpc) is 2.33. The molecule has 0 saturated heterocycles. The molecule has 0 heterocycles. The average molecular weight is 276 g/mol. The van der Waals surface area contributed by atoms with Crippen LogP contribution in [0, 0.1) is 5.92 Å². The highest BCUT2D eigenvalue weighted by Gasteiger charge is 2.32. The van der Waals surface area contributed by atoms with Crippen molar-refractivity contribution in [3.8, 4) is 0 Å². The number of nitrogens with one attached hydrogen (secondary N) is 1. The maximum atomic E-state index is 11.6. The fraction of sp³-hybridized carbons (Fsp3) is 0.923. The van der Waals surface area contributed by atoms with Crippen LogP contribution in [0.2, 0.25) is 0 Å². The Hall–Kier alpha value is -0.260. The highest BCUT2D eigenvalue weighted by atomic mass is 32.2. The zero-order chi connectivity index (χ0) is 14.2. The highest BCUT2D eigenvalue weighted by Crippen LogP contribution is 2.23. The minimum absolute atomic E-state index is 0.209. The molecule has 108 valence electrons. The highest BCUT2D eigenvalue weighted by molar-refractivity contribution is 7.99. The zero-order valence-corrected chi connectivity index (χ0v) is 12.8. The van der Waals surface area contributed by atoms with E-state index >= 15 is 0 Å². The smallest absolute Gasteiger partial charge is 0.237 e. The molecule has 5 heteroatoms. The molecule has 0 aromatic carbocycles. The minimum Gasteiger partial charge on any atom is -0.396 e. The van der Waals surface area contributed by atoms with E-state index in [-0.39, 0.29) is 12.5 Å². The van der Waals surface area contributed by atoms with E-state index in [1.54, 1.807) is 11.8 Å². The third kappa shape index (κ3) is 6.61. The first kappa shape index (κ1) is 17.7. The molecule has 0 bridgehead atoms. The van der Waals surface area contributed by atoms with Gasteiger partial charge in [0, 0.05) is 11.9 Å². The number of carbonyl (C=O) groups is 1. The van der Waals surface area contributed by atoms with Gasteiger partial charge in [-0.15, -0.1) is 0 Å². The first-order valence-electron chi connectivity index (χ1n) is 6.63. The molecule has 4 N–H and O–H groups in total. The molecule has 0 spiro atoms. The molecule has 0 aliphatic carbocycles. The number of hydrogen-bond acceptors (Lipinski definition) is 4. The second kappa shape index (κ2) is 8.77. The monoisotopic (exact) mass is 276 g/mol. The number of rotatable bonds is 10. The maximum Gasteiger partial charge on any atom is 0.237 e. The lowest BCUT2D eigenvalue weighted by Crippen LogP contribution is -2.54. The zero-order valence-electron chi connectivity index (χ0n) is 12.0.